The zero-order valence-electron chi connectivity index (χ0n) is 14.4. The molecule has 2 N–H and O–H groups in total. The lowest BCUT2D eigenvalue weighted by molar-refractivity contribution is -0.183. The zero-order chi connectivity index (χ0) is 15.8. The molecule has 0 bridgehead atoms. The maximum Gasteiger partial charge on any atom is 0.0883 e. The summed E-state index contributed by atoms with van der Waals surface area (Å²) in [7, 11) is 0. The zero-order valence-corrected chi connectivity index (χ0v) is 14.4. The highest BCUT2D eigenvalue weighted by Gasteiger charge is 2.65. The second-order valence-corrected chi connectivity index (χ2v) is 9.47. The van der Waals surface area contributed by atoms with E-state index in [0.717, 1.165) is 38.5 Å². The molecule has 124 valence electrons. The van der Waals surface area contributed by atoms with Crippen LogP contribution in [0.4, 0.5) is 0 Å². The van der Waals surface area contributed by atoms with E-state index in [-0.39, 0.29) is 10.8 Å². The van der Waals surface area contributed by atoms with E-state index in [1.165, 1.54) is 12.8 Å². The van der Waals surface area contributed by atoms with Crippen molar-refractivity contribution >= 4 is 0 Å². The van der Waals surface area contributed by atoms with Gasteiger partial charge < -0.3 is 10.2 Å². The molecule has 0 saturated heterocycles. The molecule has 0 aromatic heterocycles. The molecular formula is C20H32O2. The highest BCUT2D eigenvalue weighted by molar-refractivity contribution is 5.21. The molecule has 4 aliphatic rings. The monoisotopic (exact) mass is 304 g/mol. The summed E-state index contributed by atoms with van der Waals surface area (Å²) in [5, 5.41) is 22.2. The Bertz CT molecular complexity index is 510. The van der Waals surface area contributed by atoms with E-state index in [0.29, 0.717) is 17.8 Å². The van der Waals surface area contributed by atoms with Crippen molar-refractivity contribution in [2.75, 3.05) is 0 Å². The number of hydrogen-bond acceptors (Lipinski definition) is 2. The first-order valence-electron chi connectivity index (χ1n) is 9.36. The van der Waals surface area contributed by atoms with Crippen molar-refractivity contribution in [1.82, 2.24) is 0 Å². The fraction of sp³-hybridized carbons (Fsp3) is 0.900. The molecular weight excluding hydrogens is 272 g/mol. The van der Waals surface area contributed by atoms with E-state index in [9.17, 15) is 10.2 Å². The van der Waals surface area contributed by atoms with Crippen molar-refractivity contribution in [3.8, 4) is 0 Å². The van der Waals surface area contributed by atoms with Crippen molar-refractivity contribution in [3.05, 3.63) is 12.2 Å². The van der Waals surface area contributed by atoms with Crippen LogP contribution >= 0.6 is 0 Å². The molecule has 22 heavy (non-hydrogen) atoms. The van der Waals surface area contributed by atoms with Crippen LogP contribution in [0.2, 0.25) is 0 Å². The molecule has 0 aromatic carbocycles. The summed E-state index contributed by atoms with van der Waals surface area (Å²) in [6.07, 6.45) is 13.0. The van der Waals surface area contributed by atoms with Gasteiger partial charge in [-0.05, 0) is 81.5 Å². The van der Waals surface area contributed by atoms with Gasteiger partial charge in [0, 0.05) is 5.41 Å². The number of rotatable bonds is 0. The summed E-state index contributed by atoms with van der Waals surface area (Å²) in [4.78, 5) is 0. The van der Waals surface area contributed by atoms with Crippen LogP contribution in [0.1, 0.15) is 72.1 Å². The number of aliphatic hydroxyl groups is 2. The van der Waals surface area contributed by atoms with Gasteiger partial charge in [-0.25, -0.2) is 0 Å². The molecule has 0 aromatic rings. The number of allylic oxidation sites excluding steroid dienone is 1. The molecule has 0 aliphatic heterocycles. The minimum Gasteiger partial charge on any atom is -0.390 e. The fourth-order valence-electron chi connectivity index (χ4n) is 7.05. The van der Waals surface area contributed by atoms with Gasteiger partial charge >= 0.3 is 0 Å². The number of hydrogen-bond donors (Lipinski definition) is 2. The first-order valence-corrected chi connectivity index (χ1v) is 9.36. The summed E-state index contributed by atoms with van der Waals surface area (Å²) in [5.41, 5.74) is -0.948. The Kier molecular flexibility index (Phi) is 3.03. The van der Waals surface area contributed by atoms with Crippen molar-refractivity contribution < 1.29 is 10.2 Å². The van der Waals surface area contributed by atoms with Gasteiger partial charge in [-0.2, -0.15) is 0 Å². The fourth-order valence-corrected chi connectivity index (χ4v) is 7.05. The molecule has 2 heteroatoms. The third-order valence-electron chi connectivity index (χ3n) is 8.89. The smallest absolute Gasteiger partial charge is 0.0883 e. The van der Waals surface area contributed by atoms with Crippen LogP contribution in [0.3, 0.4) is 0 Å². The van der Waals surface area contributed by atoms with Gasteiger partial charge in [0.05, 0.1) is 11.2 Å². The Morgan fingerprint density at radius 2 is 1.50 bits per heavy atom. The van der Waals surface area contributed by atoms with Crippen LogP contribution in [0.5, 0.6) is 0 Å². The second kappa shape index (κ2) is 4.39. The average molecular weight is 304 g/mol. The van der Waals surface area contributed by atoms with Gasteiger partial charge in [-0.1, -0.05) is 26.0 Å². The van der Waals surface area contributed by atoms with Crippen LogP contribution in [0, 0.1) is 28.6 Å². The van der Waals surface area contributed by atoms with Crippen LogP contribution in [-0.4, -0.2) is 21.4 Å². The summed E-state index contributed by atoms with van der Waals surface area (Å²) in [6.45, 7) is 6.76. The molecule has 3 fully saturated rings. The lowest BCUT2D eigenvalue weighted by Gasteiger charge is -2.62. The third-order valence-corrected chi connectivity index (χ3v) is 8.89. The van der Waals surface area contributed by atoms with Crippen LogP contribution in [0.25, 0.3) is 0 Å². The lowest BCUT2D eigenvalue weighted by Crippen LogP contribution is -2.61. The largest absolute Gasteiger partial charge is 0.390 e. The minimum atomic E-state index is -0.582. The van der Waals surface area contributed by atoms with Gasteiger partial charge in [0.2, 0.25) is 0 Å². The standard InChI is InChI=1S/C20H32O2/c1-17-11-7-16-14(15(17)8-12-19(17,3)21)6-13-20(22)10-5-4-9-18(16,20)2/h5,10,14-16,21-22H,4,6-9,11-13H2,1-3H3/t14-,15-,16-,17-,18+,19-,20-/m0/s1. The van der Waals surface area contributed by atoms with Crippen LogP contribution in [-0.2, 0) is 0 Å². The third kappa shape index (κ3) is 1.64. The molecule has 4 aliphatic carbocycles. The van der Waals surface area contributed by atoms with Crippen molar-refractivity contribution in [1.29, 1.82) is 0 Å². The second-order valence-electron chi connectivity index (χ2n) is 9.47. The van der Waals surface area contributed by atoms with E-state index >= 15 is 0 Å². The molecule has 0 unspecified atom stereocenters. The molecule has 7 atom stereocenters. The van der Waals surface area contributed by atoms with E-state index in [2.05, 4.69) is 32.9 Å². The molecule has 2 nitrogen and oxygen atoms in total. The maximum atomic E-state index is 11.3. The lowest BCUT2D eigenvalue weighted by atomic mass is 9.44. The molecule has 0 heterocycles. The predicted octanol–water partition coefficient (Wildman–Crippen LogP) is 4.06. The summed E-state index contributed by atoms with van der Waals surface area (Å²) in [6, 6.07) is 0. The topological polar surface area (TPSA) is 40.5 Å². The van der Waals surface area contributed by atoms with Crippen LogP contribution < -0.4 is 0 Å². The highest BCUT2D eigenvalue weighted by atomic mass is 16.3. The summed E-state index contributed by atoms with van der Waals surface area (Å²) >= 11 is 0. The van der Waals surface area contributed by atoms with E-state index in [4.69, 9.17) is 0 Å². The van der Waals surface area contributed by atoms with Gasteiger partial charge in [0.25, 0.3) is 0 Å². The van der Waals surface area contributed by atoms with Gasteiger partial charge in [-0.15, -0.1) is 0 Å². The minimum absolute atomic E-state index is 0.0421. The van der Waals surface area contributed by atoms with Crippen molar-refractivity contribution in [2.24, 2.45) is 28.6 Å². The SMILES string of the molecule is C[C@]1(O)CC[C@H]2[C@@H]3CC[C@@]4(O)C=CCC[C@]4(C)[C@H]3CC[C@@]21C. The van der Waals surface area contributed by atoms with Gasteiger partial charge in [0.15, 0.2) is 0 Å². The highest BCUT2D eigenvalue weighted by Crippen LogP contribution is 2.68. The van der Waals surface area contributed by atoms with Crippen molar-refractivity contribution in [3.63, 3.8) is 0 Å². The van der Waals surface area contributed by atoms with E-state index < -0.39 is 11.2 Å². The average Bonchev–Trinajstić information content (AvgIpc) is 2.70. The Morgan fingerprint density at radius 1 is 0.818 bits per heavy atom. The first kappa shape index (κ1) is 15.2. The van der Waals surface area contributed by atoms with Gasteiger partial charge in [0.1, 0.15) is 0 Å². The first-order chi connectivity index (χ1) is 10.2. The summed E-state index contributed by atoms with van der Waals surface area (Å²) in [5.74, 6) is 1.97. The van der Waals surface area contributed by atoms with E-state index in [1.54, 1.807) is 0 Å². The molecule has 0 amide bonds. The van der Waals surface area contributed by atoms with Crippen molar-refractivity contribution in [2.45, 2.75) is 83.3 Å². The Morgan fingerprint density at radius 3 is 2.27 bits per heavy atom. The molecule has 0 radical (unpaired) electrons. The summed E-state index contributed by atoms with van der Waals surface area (Å²) < 4.78 is 0. The number of fused-ring (bicyclic) bond motifs is 5. The predicted molar refractivity (Wildman–Crippen MR) is 88.3 cm³/mol. The quantitative estimate of drug-likeness (QED) is 0.663. The Hall–Kier alpha value is -0.340. The normalized spacial score (nSPS) is 60.5. The van der Waals surface area contributed by atoms with Gasteiger partial charge in [-0.3, -0.25) is 0 Å². The molecule has 0 spiro atoms. The van der Waals surface area contributed by atoms with E-state index in [1.807, 2.05) is 0 Å². The Balaban J connectivity index is 1.71. The maximum absolute atomic E-state index is 11.3. The molecule has 4 rings (SSSR count). The Labute approximate surface area is 135 Å². The van der Waals surface area contributed by atoms with Crippen LogP contribution in [0.15, 0.2) is 12.2 Å². The molecule has 3 saturated carbocycles.